The van der Waals surface area contributed by atoms with Crippen LogP contribution in [0.5, 0.6) is 0 Å². The van der Waals surface area contributed by atoms with Gasteiger partial charge in [0.15, 0.2) is 0 Å². The number of rotatable bonds is 4. The summed E-state index contributed by atoms with van der Waals surface area (Å²) in [5.74, 6) is 0.962. The molecule has 0 aromatic carbocycles. The third kappa shape index (κ3) is 2.29. The van der Waals surface area contributed by atoms with E-state index in [1.807, 2.05) is 12.1 Å². The molecule has 4 nitrogen and oxygen atoms in total. The van der Waals surface area contributed by atoms with Crippen LogP contribution in [0.3, 0.4) is 0 Å². The van der Waals surface area contributed by atoms with Crippen LogP contribution in [0.15, 0.2) is 22.8 Å². The Balaban J connectivity index is 2.17. The quantitative estimate of drug-likeness (QED) is 0.839. The fourth-order valence-electron chi connectivity index (χ4n) is 2.34. The maximum Gasteiger partial charge on any atom is 0.123 e. The molecular weight excluding hydrogens is 204 g/mol. The third-order valence-electron chi connectivity index (χ3n) is 3.03. The number of morpholine rings is 1. The number of nitrogens with zero attached hydrogens (tertiary/aromatic N) is 1. The highest BCUT2D eigenvalue weighted by atomic mass is 16.5. The van der Waals surface area contributed by atoms with Gasteiger partial charge in [-0.3, -0.25) is 4.90 Å². The molecule has 0 aliphatic carbocycles. The minimum atomic E-state index is 0.0476. The van der Waals surface area contributed by atoms with Crippen molar-refractivity contribution in [2.24, 2.45) is 5.73 Å². The zero-order valence-corrected chi connectivity index (χ0v) is 9.76. The largest absolute Gasteiger partial charge is 0.468 e. The number of furan rings is 1. The smallest absolute Gasteiger partial charge is 0.123 e. The predicted molar refractivity (Wildman–Crippen MR) is 62.1 cm³/mol. The highest BCUT2D eigenvalue weighted by Gasteiger charge is 2.33. The molecule has 0 bridgehead atoms. The van der Waals surface area contributed by atoms with E-state index in [4.69, 9.17) is 14.9 Å². The van der Waals surface area contributed by atoms with Gasteiger partial charge in [-0.25, -0.2) is 0 Å². The lowest BCUT2D eigenvalue weighted by Crippen LogP contribution is -2.48. The van der Waals surface area contributed by atoms with Crippen LogP contribution in [-0.2, 0) is 4.74 Å². The molecule has 2 N–H and O–H groups in total. The first kappa shape index (κ1) is 11.6. The zero-order valence-electron chi connectivity index (χ0n) is 9.76. The molecule has 90 valence electrons. The summed E-state index contributed by atoms with van der Waals surface area (Å²) in [5, 5.41) is 0. The highest BCUT2D eigenvalue weighted by Crippen LogP contribution is 2.29. The second-order valence-corrected chi connectivity index (χ2v) is 4.14. The molecule has 0 spiro atoms. The molecule has 2 atom stereocenters. The summed E-state index contributed by atoms with van der Waals surface area (Å²) in [6.45, 7) is 5.50. The van der Waals surface area contributed by atoms with E-state index in [-0.39, 0.29) is 12.1 Å². The summed E-state index contributed by atoms with van der Waals surface area (Å²) in [7, 11) is 0. The molecule has 1 aromatic rings. The Morgan fingerprint density at radius 3 is 3.06 bits per heavy atom. The van der Waals surface area contributed by atoms with Crippen molar-refractivity contribution in [2.45, 2.75) is 25.5 Å². The first-order valence-corrected chi connectivity index (χ1v) is 5.96. The SMILES string of the molecule is CCCN1CCOC(CN)C1c1ccco1. The van der Waals surface area contributed by atoms with Gasteiger partial charge in [-0.15, -0.1) is 0 Å². The molecule has 1 aromatic heterocycles. The van der Waals surface area contributed by atoms with Crippen LogP contribution < -0.4 is 5.73 Å². The van der Waals surface area contributed by atoms with Crippen LogP contribution in [-0.4, -0.2) is 37.2 Å². The van der Waals surface area contributed by atoms with E-state index in [2.05, 4.69) is 11.8 Å². The average molecular weight is 224 g/mol. The van der Waals surface area contributed by atoms with Gasteiger partial charge < -0.3 is 14.9 Å². The number of ether oxygens (including phenoxy) is 1. The van der Waals surface area contributed by atoms with Gasteiger partial charge >= 0.3 is 0 Å². The first-order chi connectivity index (χ1) is 7.86. The minimum Gasteiger partial charge on any atom is -0.468 e. The van der Waals surface area contributed by atoms with Crippen molar-refractivity contribution in [1.29, 1.82) is 0 Å². The molecule has 0 radical (unpaired) electrons. The molecule has 0 saturated carbocycles. The molecule has 2 rings (SSSR count). The second kappa shape index (κ2) is 5.48. The van der Waals surface area contributed by atoms with Crippen LogP contribution in [0.25, 0.3) is 0 Å². The Morgan fingerprint density at radius 2 is 2.44 bits per heavy atom. The third-order valence-corrected chi connectivity index (χ3v) is 3.03. The van der Waals surface area contributed by atoms with Gasteiger partial charge in [0.25, 0.3) is 0 Å². The summed E-state index contributed by atoms with van der Waals surface area (Å²) in [4.78, 5) is 2.40. The van der Waals surface area contributed by atoms with Gasteiger partial charge in [0.1, 0.15) is 5.76 Å². The summed E-state index contributed by atoms with van der Waals surface area (Å²) in [6, 6.07) is 4.10. The van der Waals surface area contributed by atoms with Crippen LogP contribution in [0, 0.1) is 0 Å². The number of hydrogen-bond acceptors (Lipinski definition) is 4. The fourth-order valence-corrected chi connectivity index (χ4v) is 2.34. The van der Waals surface area contributed by atoms with Gasteiger partial charge in [0.2, 0.25) is 0 Å². The van der Waals surface area contributed by atoms with Crippen molar-refractivity contribution >= 4 is 0 Å². The van der Waals surface area contributed by atoms with E-state index in [1.165, 1.54) is 0 Å². The summed E-state index contributed by atoms with van der Waals surface area (Å²) in [5.41, 5.74) is 5.76. The summed E-state index contributed by atoms with van der Waals surface area (Å²) < 4.78 is 11.2. The fraction of sp³-hybridized carbons (Fsp3) is 0.667. The normalized spacial score (nSPS) is 27.1. The Morgan fingerprint density at radius 1 is 1.56 bits per heavy atom. The number of nitrogens with two attached hydrogens (primary N) is 1. The topological polar surface area (TPSA) is 51.6 Å². The summed E-state index contributed by atoms with van der Waals surface area (Å²) >= 11 is 0. The standard InChI is InChI=1S/C12H20N2O2/c1-2-5-14-6-8-16-11(9-13)12(14)10-4-3-7-15-10/h3-4,7,11-12H,2,5-6,8-9,13H2,1H3. The molecule has 4 heteroatoms. The molecule has 1 aliphatic heterocycles. The van der Waals surface area contributed by atoms with E-state index in [9.17, 15) is 0 Å². The van der Waals surface area contributed by atoms with Gasteiger partial charge in [0, 0.05) is 13.1 Å². The van der Waals surface area contributed by atoms with Crippen molar-refractivity contribution < 1.29 is 9.15 Å². The lowest BCUT2D eigenvalue weighted by atomic mass is 10.0. The molecule has 2 heterocycles. The molecular formula is C12H20N2O2. The Bertz CT molecular complexity index is 298. The van der Waals surface area contributed by atoms with Crippen LogP contribution in [0.4, 0.5) is 0 Å². The Hall–Kier alpha value is -0.840. The highest BCUT2D eigenvalue weighted by molar-refractivity contribution is 5.08. The van der Waals surface area contributed by atoms with E-state index in [0.29, 0.717) is 6.54 Å². The van der Waals surface area contributed by atoms with Crippen molar-refractivity contribution in [3.63, 3.8) is 0 Å². The van der Waals surface area contributed by atoms with Crippen LogP contribution >= 0.6 is 0 Å². The van der Waals surface area contributed by atoms with Crippen molar-refractivity contribution in [1.82, 2.24) is 4.90 Å². The van der Waals surface area contributed by atoms with Crippen molar-refractivity contribution in [3.8, 4) is 0 Å². The van der Waals surface area contributed by atoms with E-state index < -0.39 is 0 Å². The average Bonchev–Trinajstić information content (AvgIpc) is 2.82. The molecule has 1 aliphatic rings. The van der Waals surface area contributed by atoms with Crippen LogP contribution in [0.2, 0.25) is 0 Å². The van der Waals surface area contributed by atoms with Gasteiger partial charge in [-0.05, 0) is 25.1 Å². The Kier molecular flexibility index (Phi) is 3.98. The monoisotopic (exact) mass is 224 g/mol. The molecule has 0 amide bonds. The van der Waals surface area contributed by atoms with Crippen LogP contribution in [0.1, 0.15) is 25.1 Å². The summed E-state index contributed by atoms with van der Waals surface area (Å²) in [6.07, 6.45) is 2.89. The predicted octanol–water partition coefficient (Wildman–Crippen LogP) is 1.39. The first-order valence-electron chi connectivity index (χ1n) is 5.96. The molecule has 16 heavy (non-hydrogen) atoms. The molecule has 2 unspecified atom stereocenters. The maximum atomic E-state index is 5.76. The zero-order chi connectivity index (χ0) is 11.4. The lowest BCUT2D eigenvalue weighted by molar-refractivity contribution is -0.0739. The second-order valence-electron chi connectivity index (χ2n) is 4.14. The van der Waals surface area contributed by atoms with Crippen molar-refractivity contribution in [3.05, 3.63) is 24.2 Å². The van der Waals surface area contributed by atoms with E-state index in [0.717, 1.165) is 31.9 Å². The number of hydrogen-bond donors (Lipinski definition) is 1. The Labute approximate surface area is 96.4 Å². The van der Waals surface area contributed by atoms with E-state index in [1.54, 1.807) is 6.26 Å². The minimum absolute atomic E-state index is 0.0476. The molecule has 1 saturated heterocycles. The van der Waals surface area contributed by atoms with Gasteiger partial charge in [0.05, 0.1) is 25.0 Å². The van der Waals surface area contributed by atoms with Gasteiger partial charge in [-0.1, -0.05) is 6.92 Å². The maximum absolute atomic E-state index is 5.76. The van der Waals surface area contributed by atoms with Gasteiger partial charge in [-0.2, -0.15) is 0 Å². The lowest BCUT2D eigenvalue weighted by Gasteiger charge is -2.39. The van der Waals surface area contributed by atoms with Crippen molar-refractivity contribution in [2.75, 3.05) is 26.2 Å². The van der Waals surface area contributed by atoms with E-state index >= 15 is 0 Å². The molecule has 1 fully saturated rings.